The molecule has 1 saturated heterocycles. The van der Waals surface area contributed by atoms with Crippen LogP contribution in [0, 0.1) is 5.82 Å². The highest BCUT2D eigenvalue weighted by molar-refractivity contribution is 9.10. The lowest BCUT2D eigenvalue weighted by Crippen LogP contribution is -2.27. The third-order valence-corrected chi connectivity index (χ3v) is 5.20. The molecular weight excluding hydrogens is 429 g/mol. The molecule has 0 bridgehead atoms. The summed E-state index contributed by atoms with van der Waals surface area (Å²) >= 11 is 3.45. The molecule has 6 nitrogen and oxygen atoms in total. The van der Waals surface area contributed by atoms with E-state index in [-0.39, 0.29) is 23.5 Å². The predicted molar refractivity (Wildman–Crippen MR) is 103 cm³/mol. The molecule has 3 aromatic rings. The Morgan fingerprint density at radius 1 is 1.32 bits per heavy atom. The van der Waals surface area contributed by atoms with E-state index >= 15 is 0 Å². The minimum atomic E-state index is -0.501. The summed E-state index contributed by atoms with van der Waals surface area (Å²) in [6.45, 7) is 0.456. The van der Waals surface area contributed by atoms with Crippen LogP contribution in [-0.2, 0) is 11.3 Å². The average molecular weight is 446 g/mol. The number of carbonyl (C=O) groups excluding carboxylic acids is 1. The lowest BCUT2D eigenvalue weighted by atomic mass is 10.1. The van der Waals surface area contributed by atoms with Gasteiger partial charge in [0.1, 0.15) is 6.04 Å². The van der Waals surface area contributed by atoms with Crippen LogP contribution in [0.4, 0.5) is 4.39 Å². The number of amides is 1. The van der Waals surface area contributed by atoms with Gasteiger partial charge in [-0.2, -0.15) is 4.98 Å². The van der Waals surface area contributed by atoms with Crippen LogP contribution < -0.4 is 4.74 Å². The number of methoxy groups -OCH3 is 1. The molecule has 1 amide bonds. The number of carbonyl (C=O) groups is 1. The summed E-state index contributed by atoms with van der Waals surface area (Å²) in [4.78, 5) is 18.6. The number of benzene rings is 2. The lowest BCUT2D eigenvalue weighted by molar-refractivity contribution is -0.129. The lowest BCUT2D eigenvalue weighted by Gasteiger charge is -2.22. The Labute approximate surface area is 169 Å². The van der Waals surface area contributed by atoms with Crippen molar-refractivity contribution in [2.24, 2.45) is 0 Å². The second kappa shape index (κ2) is 7.71. The zero-order valence-electron chi connectivity index (χ0n) is 15.1. The summed E-state index contributed by atoms with van der Waals surface area (Å²) < 4.78 is 25.3. The van der Waals surface area contributed by atoms with E-state index in [4.69, 9.17) is 9.26 Å². The highest BCUT2D eigenvalue weighted by atomic mass is 79.9. The van der Waals surface area contributed by atoms with Crippen LogP contribution in [0.25, 0.3) is 11.4 Å². The number of rotatable bonds is 5. The van der Waals surface area contributed by atoms with Gasteiger partial charge in [-0.15, -0.1) is 0 Å². The molecule has 4 rings (SSSR count). The monoisotopic (exact) mass is 445 g/mol. The second-order valence-corrected chi connectivity index (χ2v) is 7.43. The highest BCUT2D eigenvalue weighted by Crippen LogP contribution is 2.34. The summed E-state index contributed by atoms with van der Waals surface area (Å²) in [7, 11) is 1.40. The van der Waals surface area contributed by atoms with Crippen molar-refractivity contribution < 1.29 is 18.4 Å². The minimum absolute atomic E-state index is 0.0419. The fourth-order valence-electron chi connectivity index (χ4n) is 3.31. The summed E-state index contributed by atoms with van der Waals surface area (Å²) in [5.41, 5.74) is 1.49. The fourth-order valence-corrected chi connectivity index (χ4v) is 3.76. The number of aromatic nitrogens is 2. The Morgan fingerprint density at radius 3 is 2.93 bits per heavy atom. The topological polar surface area (TPSA) is 68.5 Å². The molecular formula is C20H17BrFN3O3. The number of hydrogen-bond donors (Lipinski definition) is 0. The molecule has 2 aromatic carbocycles. The third kappa shape index (κ3) is 3.64. The summed E-state index contributed by atoms with van der Waals surface area (Å²) in [6, 6.07) is 12.0. The molecule has 2 heterocycles. The molecule has 144 valence electrons. The highest BCUT2D eigenvalue weighted by Gasteiger charge is 2.36. The molecule has 28 heavy (non-hydrogen) atoms. The summed E-state index contributed by atoms with van der Waals surface area (Å²) in [5.74, 6) is 0.318. The van der Waals surface area contributed by atoms with Gasteiger partial charge in [0.05, 0.1) is 7.11 Å². The Kier molecular flexibility index (Phi) is 5.13. The second-order valence-electron chi connectivity index (χ2n) is 6.51. The van der Waals surface area contributed by atoms with Crippen molar-refractivity contribution in [3.05, 3.63) is 64.2 Å². The first kappa shape index (κ1) is 18.6. The van der Waals surface area contributed by atoms with Crippen LogP contribution in [0.2, 0.25) is 0 Å². The zero-order valence-corrected chi connectivity index (χ0v) is 16.6. The van der Waals surface area contributed by atoms with Gasteiger partial charge in [0.25, 0.3) is 0 Å². The maximum absolute atomic E-state index is 14.0. The third-order valence-electron chi connectivity index (χ3n) is 4.71. The van der Waals surface area contributed by atoms with Gasteiger partial charge in [-0.05, 0) is 42.3 Å². The summed E-state index contributed by atoms with van der Waals surface area (Å²) in [6.07, 6.45) is 1.03. The zero-order chi connectivity index (χ0) is 19.7. The van der Waals surface area contributed by atoms with Crippen LogP contribution in [0.15, 0.2) is 51.5 Å². The van der Waals surface area contributed by atoms with E-state index in [0.717, 1.165) is 10.0 Å². The first-order chi connectivity index (χ1) is 13.5. The summed E-state index contributed by atoms with van der Waals surface area (Å²) in [5, 5.41) is 3.97. The van der Waals surface area contributed by atoms with Gasteiger partial charge < -0.3 is 14.2 Å². The first-order valence-corrected chi connectivity index (χ1v) is 9.56. The molecule has 1 fully saturated rings. The van der Waals surface area contributed by atoms with Gasteiger partial charge in [0.2, 0.25) is 17.6 Å². The van der Waals surface area contributed by atoms with E-state index in [0.29, 0.717) is 30.8 Å². The molecule has 1 atom stereocenters. The molecule has 0 aliphatic carbocycles. The van der Waals surface area contributed by atoms with Crippen molar-refractivity contribution in [1.29, 1.82) is 0 Å². The van der Waals surface area contributed by atoms with Gasteiger partial charge in [0, 0.05) is 23.0 Å². The standard InChI is InChI=1S/C20H17BrFN3O3/c1-27-17-7-5-13(10-15(17)22)19-23-20(28-24-19)16-6-8-18(26)25(16)11-12-3-2-4-14(21)9-12/h2-5,7,9-10,16H,6,8,11H2,1H3. The van der Waals surface area contributed by atoms with Gasteiger partial charge in [-0.1, -0.05) is 33.2 Å². The van der Waals surface area contributed by atoms with Crippen molar-refractivity contribution in [3.8, 4) is 17.1 Å². The number of likely N-dealkylation sites (tertiary alicyclic amines) is 1. The van der Waals surface area contributed by atoms with Crippen LogP contribution >= 0.6 is 15.9 Å². The number of hydrogen-bond acceptors (Lipinski definition) is 5. The molecule has 1 unspecified atom stereocenters. The van der Waals surface area contributed by atoms with E-state index in [1.54, 1.807) is 11.0 Å². The van der Waals surface area contributed by atoms with E-state index in [1.807, 2.05) is 24.3 Å². The maximum Gasteiger partial charge on any atom is 0.249 e. The molecule has 8 heteroatoms. The van der Waals surface area contributed by atoms with Gasteiger partial charge in [-0.3, -0.25) is 4.79 Å². The number of nitrogens with zero attached hydrogens (tertiary/aromatic N) is 3. The van der Waals surface area contributed by atoms with Crippen LogP contribution in [0.5, 0.6) is 5.75 Å². The molecule has 0 spiro atoms. The molecule has 1 aliphatic heterocycles. The van der Waals surface area contributed by atoms with Crippen molar-refractivity contribution in [2.75, 3.05) is 7.11 Å². The van der Waals surface area contributed by atoms with Crippen molar-refractivity contribution >= 4 is 21.8 Å². The van der Waals surface area contributed by atoms with Gasteiger partial charge in [-0.25, -0.2) is 4.39 Å². The van der Waals surface area contributed by atoms with Gasteiger partial charge in [0.15, 0.2) is 11.6 Å². The van der Waals surface area contributed by atoms with Gasteiger partial charge >= 0.3 is 0 Å². The number of halogens is 2. The average Bonchev–Trinajstić information content (AvgIpc) is 3.29. The Hall–Kier alpha value is -2.74. The van der Waals surface area contributed by atoms with E-state index in [9.17, 15) is 9.18 Å². The SMILES string of the molecule is COc1ccc(-c2noc(C3CCC(=O)N3Cc3cccc(Br)c3)n2)cc1F. The van der Waals surface area contributed by atoms with E-state index < -0.39 is 5.82 Å². The van der Waals surface area contributed by atoms with Crippen LogP contribution in [0.3, 0.4) is 0 Å². The predicted octanol–water partition coefficient (Wildman–Crippen LogP) is 4.51. The quantitative estimate of drug-likeness (QED) is 0.577. The first-order valence-electron chi connectivity index (χ1n) is 8.76. The van der Waals surface area contributed by atoms with E-state index in [1.165, 1.54) is 19.2 Å². The fraction of sp³-hybridized carbons (Fsp3) is 0.250. The van der Waals surface area contributed by atoms with Crippen molar-refractivity contribution in [1.82, 2.24) is 15.0 Å². The Balaban J connectivity index is 1.58. The maximum atomic E-state index is 14.0. The smallest absolute Gasteiger partial charge is 0.249 e. The number of ether oxygens (including phenoxy) is 1. The normalized spacial score (nSPS) is 16.6. The largest absolute Gasteiger partial charge is 0.494 e. The molecule has 0 saturated carbocycles. The Morgan fingerprint density at radius 2 is 2.18 bits per heavy atom. The minimum Gasteiger partial charge on any atom is -0.494 e. The van der Waals surface area contributed by atoms with Crippen molar-refractivity contribution in [2.45, 2.75) is 25.4 Å². The van der Waals surface area contributed by atoms with Crippen molar-refractivity contribution in [3.63, 3.8) is 0 Å². The molecule has 0 radical (unpaired) electrons. The molecule has 0 N–H and O–H groups in total. The van der Waals surface area contributed by atoms with Crippen LogP contribution in [0.1, 0.15) is 30.3 Å². The van der Waals surface area contributed by atoms with Crippen LogP contribution in [-0.4, -0.2) is 28.1 Å². The molecule has 1 aromatic heterocycles. The van der Waals surface area contributed by atoms with E-state index in [2.05, 4.69) is 26.1 Å². The Bertz CT molecular complexity index is 1020. The molecule has 1 aliphatic rings.